The van der Waals surface area contributed by atoms with Gasteiger partial charge in [0.25, 0.3) is 0 Å². The Balaban J connectivity index is 1.52. The Labute approximate surface area is 125 Å². The fourth-order valence-electron chi connectivity index (χ4n) is 3.24. The predicted molar refractivity (Wildman–Crippen MR) is 79.0 cm³/mol. The quantitative estimate of drug-likeness (QED) is 0.869. The molecule has 2 aliphatic rings. The summed E-state index contributed by atoms with van der Waals surface area (Å²) in [4.78, 5) is 11.8. The van der Waals surface area contributed by atoms with E-state index in [1.165, 1.54) is 30.1 Å². The van der Waals surface area contributed by atoms with E-state index >= 15 is 0 Å². The van der Waals surface area contributed by atoms with Gasteiger partial charge in [-0.1, -0.05) is 0 Å². The van der Waals surface area contributed by atoms with Gasteiger partial charge in [0.15, 0.2) is 0 Å². The van der Waals surface area contributed by atoms with Gasteiger partial charge in [0.05, 0.1) is 17.9 Å². The first kappa shape index (κ1) is 13.1. The minimum atomic E-state index is 0.714. The molecule has 0 bridgehead atoms. The number of hydrogen-bond donors (Lipinski definition) is 0. The van der Waals surface area contributed by atoms with Crippen molar-refractivity contribution in [3.05, 3.63) is 34.6 Å². The number of aromatic nitrogens is 3. The van der Waals surface area contributed by atoms with E-state index in [0.29, 0.717) is 5.92 Å². The molecule has 4 rings (SSSR count). The van der Waals surface area contributed by atoms with Gasteiger partial charge in [0.1, 0.15) is 11.6 Å². The van der Waals surface area contributed by atoms with Crippen molar-refractivity contribution in [2.75, 3.05) is 6.54 Å². The Morgan fingerprint density at radius 2 is 2.05 bits per heavy atom. The number of rotatable bonds is 3. The number of oxazole rings is 1. The van der Waals surface area contributed by atoms with E-state index in [0.717, 1.165) is 43.4 Å². The lowest BCUT2D eigenvalue weighted by Gasteiger charge is -2.25. The molecule has 3 heterocycles. The molecule has 5 heteroatoms. The molecule has 21 heavy (non-hydrogen) atoms. The van der Waals surface area contributed by atoms with Crippen LogP contribution >= 0.6 is 0 Å². The third-order valence-corrected chi connectivity index (χ3v) is 4.74. The summed E-state index contributed by atoms with van der Waals surface area (Å²) in [5, 5.41) is 0. The maximum Gasteiger partial charge on any atom is 0.208 e. The largest absolute Gasteiger partial charge is 0.444 e. The summed E-state index contributed by atoms with van der Waals surface area (Å²) >= 11 is 0. The monoisotopic (exact) mass is 286 g/mol. The SMILES string of the molecule is Cc1nc(CN2CCc3c(nc(C4CC4)n3C)C2)oc1C. The third-order valence-electron chi connectivity index (χ3n) is 4.74. The van der Waals surface area contributed by atoms with Gasteiger partial charge in [-0.15, -0.1) is 0 Å². The smallest absolute Gasteiger partial charge is 0.208 e. The van der Waals surface area contributed by atoms with E-state index in [4.69, 9.17) is 9.40 Å². The molecular weight excluding hydrogens is 264 g/mol. The molecule has 1 saturated carbocycles. The third kappa shape index (κ3) is 2.29. The van der Waals surface area contributed by atoms with Gasteiger partial charge in [0, 0.05) is 38.2 Å². The Morgan fingerprint density at radius 1 is 1.24 bits per heavy atom. The van der Waals surface area contributed by atoms with Gasteiger partial charge < -0.3 is 8.98 Å². The van der Waals surface area contributed by atoms with Crippen molar-refractivity contribution in [1.82, 2.24) is 19.4 Å². The summed E-state index contributed by atoms with van der Waals surface area (Å²) in [7, 11) is 2.18. The lowest BCUT2D eigenvalue weighted by molar-refractivity contribution is 0.215. The lowest BCUT2D eigenvalue weighted by atomic mass is 10.1. The average Bonchev–Trinajstić information content (AvgIpc) is 3.17. The van der Waals surface area contributed by atoms with Crippen LogP contribution in [-0.2, 0) is 26.6 Å². The molecular formula is C16H22N4O. The molecule has 0 unspecified atom stereocenters. The van der Waals surface area contributed by atoms with E-state index in [1.807, 2.05) is 13.8 Å². The van der Waals surface area contributed by atoms with Crippen molar-refractivity contribution in [2.24, 2.45) is 7.05 Å². The Hall–Kier alpha value is -1.62. The van der Waals surface area contributed by atoms with E-state index in [-0.39, 0.29) is 0 Å². The first-order valence-electron chi connectivity index (χ1n) is 7.81. The highest BCUT2D eigenvalue weighted by Gasteiger charge is 2.31. The normalized spacial score (nSPS) is 19.0. The van der Waals surface area contributed by atoms with Gasteiger partial charge in [-0.25, -0.2) is 9.97 Å². The molecule has 0 amide bonds. The average molecular weight is 286 g/mol. The standard InChI is InChI=1S/C16H22N4O/c1-10-11(2)21-15(17-10)9-20-7-6-14-13(8-20)18-16(19(14)3)12-4-5-12/h12H,4-9H2,1-3H3. The molecule has 1 aliphatic carbocycles. The van der Waals surface area contributed by atoms with E-state index < -0.39 is 0 Å². The van der Waals surface area contributed by atoms with Crippen LogP contribution in [0.25, 0.3) is 0 Å². The number of hydrogen-bond acceptors (Lipinski definition) is 4. The fourth-order valence-corrected chi connectivity index (χ4v) is 3.24. The van der Waals surface area contributed by atoms with Gasteiger partial charge >= 0.3 is 0 Å². The molecule has 2 aromatic rings. The molecule has 112 valence electrons. The predicted octanol–water partition coefficient (Wildman–Crippen LogP) is 2.46. The van der Waals surface area contributed by atoms with Crippen LogP contribution in [0.5, 0.6) is 0 Å². The van der Waals surface area contributed by atoms with Crippen LogP contribution in [0.3, 0.4) is 0 Å². The number of imidazole rings is 1. The molecule has 0 radical (unpaired) electrons. The molecule has 0 saturated heterocycles. The van der Waals surface area contributed by atoms with Gasteiger partial charge in [0.2, 0.25) is 5.89 Å². The fraction of sp³-hybridized carbons (Fsp3) is 0.625. The summed E-state index contributed by atoms with van der Waals surface area (Å²) in [6.45, 7) is 6.72. The second-order valence-electron chi connectivity index (χ2n) is 6.41. The molecule has 0 spiro atoms. The summed E-state index contributed by atoms with van der Waals surface area (Å²) in [6, 6.07) is 0. The van der Waals surface area contributed by atoms with Crippen LogP contribution in [0.1, 0.15) is 53.3 Å². The molecule has 1 aliphatic heterocycles. The van der Waals surface area contributed by atoms with Crippen LogP contribution in [0.15, 0.2) is 4.42 Å². The maximum absolute atomic E-state index is 5.70. The zero-order valence-corrected chi connectivity index (χ0v) is 13.0. The maximum atomic E-state index is 5.70. The molecule has 5 nitrogen and oxygen atoms in total. The second-order valence-corrected chi connectivity index (χ2v) is 6.41. The zero-order chi connectivity index (χ0) is 14.6. The first-order valence-corrected chi connectivity index (χ1v) is 7.81. The molecule has 0 N–H and O–H groups in total. The van der Waals surface area contributed by atoms with Gasteiger partial charge in [-0.2, -0.15) is 0 Å². The van der Waals surface area contributed by atoms with Gasteiger partial charge in [-0.3, -0.25) is 4.90 Å². The highest BCUT2D eigenvalue weighted by atomic mass is 16.4. The Kier molecular flexibility index (Phi) is 2.92. The first-order chi connectivity index (χ1) is 10.1. The minimum absolute atomic E-state index is 0.714. The van der Waals surface area contributed by atoms with Crippen molar-refractivity contribution < 1.29 is 4.42 Å². The minimum Gasteiger partial charge on any atom is -0.444 e. The van der Waals surface area contributed by atoms with E-state index in [1.54, 1.807) is 0 Å². The van der Waals surface area contributed by atoms with Crippen LogP contribution in [-0.4, -0.2) is 26.0 Å². The van der Waals surface area contributed by atoms with Crippen molar-refractivity contribution >= 4 is 0 Å². The van der Waals surface area contributed by atoms with Gasteiger partial charge in [-0.05, 0) is 26.7 Å². The van der Waals surface area contributed by atoms with Crippen LogP contribution < -0.4 is 0 Å². The highest BCUT2D eigenvalue weighted by Crippen LogP contribution is 2.40. The summed E-state index contributed by atoms with van der Waals surface area (Å²) in [6.07, 6.45) is 3.69. The Morgan fingerprint density at radius 3 is 2.71 bits per heavy atom. The topological polar surface area (TPSA) is 47.1 Å². The second kappa shape index (κ2) is 4.70. The van der Waals surface area contributed by atoms with Crippen LogP contribution in [0.4, 0.5) is 0 Å². The molecule has 0 aromatic carbocycles. The Bertz CT molecular complexity index is 661. The van der Waals surface area contributed by atoms with Crippen LogP contribution in [0.2, 0.25) is 0 Å². The lowest BCUT2D eigenvalue weighted by Crippen LogP contribution is -2.30. The molecule has 0 atom stereocenters. The molecule has 2 aromatic heterocycles. The number of fused-ring (bicyclic) bond motifs is 1. The number of aryl methyl sites for hydroxylation is 2. The summed E-state index contributed by atoms with van der Waals surface area (Å²) in [5.41, 5.74) is 3.68. The van der Waals surface area contributed by atoms with Crippen LogP contribution in [0, 0.1) is 13.8 Å². The molecule has 1 fully saturated rings. The zero-order valence-electron chi connectivity index (χ0n) is 13.0. The van der Waals surface area contributed by atoms with E-state index in [9.17, 15) is 0 Å². The van der Waals surface area contributed by atoms with Crippen molar-refractivity contribution in [3.8, 4) is 0 Å². The van der Waals surface area contributed by atoms with Crippen molar-refractivity contribution in [1.29, 1.82) is 0 Å². The highest BCUT2D eigenvalue weighted by molar-refractivity contribution is 5.23. The summed E-state index contributed by atoms with van der Waals surface area (Å²) < 4.78 is 8.04. The van der Waals surface area contributed by atoms with E-state index in [2.05, 4.69) is 21.5 Å². The van der Waals surface area contributed by atoms with Crippen molar-refractivity contribution in [2.45, 2.75) is 52.1 Å². The summed E-state index contributed by atoms with van der Waals surface area (Å²) in [5.74, 6) is 3.76. The number of nitrogens with zero attached hydrogens (tertiary/aromatic N) is 4. The van der Waals surface area contributed by atoms with Crippen molar-refractivity contribution in [3.63, 3.8) is 0 Å².